The van der Waals surface area contributed by atoms with Crippen molar-refractivity contribution < 1.29 is 9.90 Å². The van der Waals surface area contributed by atoms with Crippen molar-refractivity contribution in [3.8, 4) is 5.75 Å². The first-order chi connectivity index (χ1) is 15.4. The van der Waals surface area contributed by atoms with Crippen molar-refractivity contribution in [3.05, 3.63) is 71.8 Å². The van der Waals surface area contributed by atoms with Crippen molar-refractivity contribution >= 4 is 11.6 Å². The molecule has 2 aromatic rings. The first-order valence-electron chi connectivity index (χ1n) is 11.7. The molecule has 1 fully saturated rings. The fraction of sp³-hybridized carbons (Fsp3) is 0.444. The van der Waals surface area contributed by atoms with E-state index < -0.39 is 0 Å². The van der Waals surface area contributed by atoms with Crippen molar-refractivity contribution in [3.63, 3.8) is 0 Å². The number of amides is 1. The van der Waals surface area contributed by atoms with Crippen LogP contribution in [0.4, 0.5) is 5.69 Å². The third kappa shape index (κ3) is 5.16. The van der Waals surface area contributed by atoms with Crippen LogP contribution in [0.1, 0.15) is 49.2 Å². The Morgan fingerprint density at radius 2 is 1.78 bits per heavy atom. The minimum absolute atomic E-state index is 0.0693. The van der Waals surface area contributed by atoms with Crippen LogP contribution in [0.5, 0.6) is 5.75 Å². The Labute approximate surface area is 193 Å². The Morgan fingerprint density at radius 3 is 2.41 bits per heavy atom. The highest BCUT2D eigenvalue weighted by molar-refractivity contribution is 5.94. The van der Waals surface area contributed by atoms with Crippen LogP contribution < -0.4 is 4.90 Å². The third-order valence-corrected chi connectivity index (χ3v) is 6.51. The normalized spacial score (nSPS) is 19.1. The second-order valence-corrected chi connectivity index (χ2v) is 8.73. The molecular weight excluding hydrogens is 398 g/mol. The molecule has 172 valence electrons. The number of phenolic OH excluding ortho intramolecular Hbond substituents is 1. The van der Waals surface area contributed by atoms with Crippen molar-refractivity contribution in [1.29, 1.82) is 0 Å². The second-order valence-electron chi connectivity index (χ2n) is 8.73. The van der Waals surface area contributed by atoms with E-state index >= 15 is 0 Å². The molecule has 1 heterocycles. The topological polar surface area (TPSA) is 47.0 Å². The standard InChI is InChI=1S/C27H37N3O2/c1-6-16-29-18-21(5)30(19-20(29)4)26-24(10-9-11-25(26)31)17-22-12-14-23(15-13-22)27(32)28(7-2)8-3/h6,9-15,20-21,31H,1,7-8,16-19H2,2-5H3. The van der Waals surface area contributed by atoms with Crippen LogP contribution in [-0.2, 0) is 6.42 Å². The van der Waals surface area contributed by atoms with E-state index in [1.807, 2.05) is 55.2 Å². The SMILES string of the molecule is C=CCN1CC(C)N(c2c(O)cccc2Cc2ccc(C(=O)N(CC)CC)cc2)CC1C. The number of anilines is 1. The lowest BCUT2D eigenvalue weighted by molar-refractivity contribution is 0.0773. The fourth-order valence-corrected chi connectivity index (χ4v) is 4.66. The van der Waals surface area contributed by atoms with Gasteiger partial charge >= 0.3 is 0 Å². The summed E-state index contributed by atoms with van der Waals surface area (Å²) < 4.78 is 0. The van der Waals surface area contributed by atoms with Gasteiger partial charge in [0.1, 0.15) is 5.75 Å². The lowest BCUT2D eigenvalue weighted by Crippen LogP contribution is -2.56. The van der Waals surface area contributed by atoms with Crippen LogP contribution in [0.25, 0.3) is 0 Å². The summed E-state index contributed by atoms with van der Waals surface area (Å²) in [6, 6.07) is 14.3. The maximum Gasteiger partial charge on any atom is 0.253 e. The molecule has 2 atom stereocenters. The minimum Gasteiger partial charge on any atom is -0.506 e. The molecule has 3 rings (SSSR count). The molecule has 5 heteroatoms. The Morgan fingerprint density at radius 1 is 1.09 bits per heavy atom. The Hall–Kier alpha value is -2.79. The van der Waals surface area contributed by atoms with Gasteiger partial charge in [0, 0.05) is 50.4 Å². The van der Waals surface area contributed by atoms with Gasteiger partial charge in [-0.25, -0.2) is 0 Å². The average Bonchev–Trinajstić information content (AvgIpc) is 2.78. The molecule has 1 N–H and O–H groups in total. The van der Waals surface area contributed by atoms with E-state index in [9.17, 15) is 9.90 Å². The molecule has 2 aromatic carbocycles. The quantitative estimate of drug-likeness (QED) is 0.618. The van der Waals surface area contributed by atoms with E-state index in [2.05, 4.69) is 36.3 Å². The summed E-state index contributed by atoms with van der Waals surface area (Å²) in [6.45, 7) is 16.4. The number of carbonyl (C=O) groups excluding carboxylic acids is 1. The van der Waals surface area contributed by atoms with Gasteiger partial charge in [0.25, 0.3) is 5.91 Å². The first-order valence-corrected chi connectivity index (χ1v) is 11.7. The van der Waals surface area contributed by atoms with Gasteiger partial charge in [-0.1, -0.05) is 30.3 Å². The molecule has 5 nitrogen and oxygen atoms in total. The Kier molecular flexibility index (Phi) is 7.97. The zero-order valence-corrected chi connectivity index (χ0v) is 19.9. The predicted octanol–water partition coefficient (Wildman–Crippen LogP) is 4.55. The highest BCUT2D eigenvalue weighted by Gasteiger charge is 2.31. The maximum atomic E-state index is 12.6. The van der Waals surface area contributed by atoms with Gasteiger partial charge in [-0.15, -0.1) is 6.58 Å². The summed E-state index contributed by atoms with van der Waals surface area (Å²) >= 11 is 0. The monoisotopic (exact) mass is 435 g/mol. The smallest absolute Gasteiger partial charge is 0.253 e. The van der Waals surface area contributed by atoms with Crippen LogP contribution in [0.15, 0.2) is 55.1 Å². The molecule has 0 bridgehead atoms. The number of aromatic hydroxyl groups is 1. The van der Waals surface area contributed by atoms with E-state index in [-0.39, 0.29) is 11.9 Å². The number of hydrogen-bond acceptors (Lipinski definition) is 4. The summed E-state index contributed by atoms with van der Waals surface area (Å²) in [5, 5.41) is 10.8. The van der Waals surface area contributed by atoms with Gasteiger partial charge in [0.15, 0.2) is 0 Å². The summed E-state index contributed by atoms with van der Waals surface area (Å²) in [5.41, 5.74) is 3.87. The van der Waals surface area contributed by atoms with Crippen LogP contribution in [-0.4, -0.2) is 65.6 Å². The molecule has 32 heavy (non-hydrogen) atoms. The van der Waals surface area contributed by atoms with Gasteiger partial charge < -0.3 is 14.9 Å². The Bertz CT molecular complexity index is 921. The molecule has 0 aromatic heterocycles. The molecule has 0 saturated carbocycles. The number of rotatable bonds is 8. The second kappa shape index (κ2) is 10.7. The third-order valence-electron chi connectivity index (χ3n) is 6.51. The number of phenols is 1. The largest absolute Gasteiger partial charge is 0.506 e. The van der Waals surface area contributed by atoms with Crippen LogP contribution in [0, 0.1) is 0 Å². The van der Waals surface area contributed by atoms with Crippen molar-refractivity contribution in [2.24, 2.45) is 0 Å². The molecule has 0 aliphatic carbocycles. The van der Waals surface area contributed by atoms with E-state index in [1.165, 1.54) is 0 Å². The van der Waals surface area contributed by atoms with Crippen LogP contribution in [0.3, 0.4) is 0 Å². The summed E-state index contributed by atoms with van der Waals surface area (Å²) in [6.07, 6.45) is 2.66. The number of para-hydroxylation sites is 1. The van der Waals surface area contributed by atoms with Gasteiger partial charge in [-0.2, -0.15) is 0 Å². The average molecular weight is 436 g/mol. The minimum atomic E-state index is 0.0693. The first kappa shape index (κ1) is 23.9. The number of piperazine rings is 1. The maximum absolute atomic E-state index is 12.6. The molecule has 2 unspecified atom stereocenters. The van der Waals surface area contributed by atoms with Gasteiger partial charge in [-0.05, 0) is 63.4 Å². The molecule has 1 amide bonds. The molecule has 1 saturated heterocycles. The van der Waals surface area contributed by atoms with Crippen molar-refractivity contribution in [2.45, 2.75) is 46.2 Å². The van der Waals surface area contributed by atoms with Crippen LogP contribution >= 0.6 is 0 Å². The van der Waals surface area contributed by atoms with Crippen LogP contribution in [0.2, 0.25) is 0 Å². The molecule has 0 spiro atoms. The zero-order chi connectivity index (χ0) is 23.3. The van der Waals surface area contributed by atoms with Crippen molar-refractivity contribution in [1.82, 2.24) is 9.80 Å². The lowest BCUT2D eigenvalue weighted by atomic mass is 9.98. The van der Waals surface area contributed by atoms with E-state index in [0.717, 1.165) is 42.0 Å². The number of carbonyl (C=O) groups is 1. The van der Waals surface area contributed by atoms with Gasteiger partial charge in [0.05, 0.1) is 5.69 Å². The summed E-state index contributed by atoms with van der Waals surface area (Å²) in [4.78, 5) is 19.2. The highest BCUT2D eigenvalue weighted by Crippen LogP contribution is 2.36. The number of hydrogen-bond donors (Lipinski definition) is 1. The number of nitrogens with zero attached hydrogens (tertiary/aromatic N) is 3. The summed E-state index contributed by atoms with van der Waals surface area (Å²) in [7, 11) is 0. The van der Waals surface area contributed by atoms with E-state index in [4.69, 9.17) is 0 Å². The van der Waals surface area contributed by atoms with E-state index in [1.54, 1.807) is 6.07 Å². The van der Waals surface area contributed by atoms with Gasteiger partial charge in [0.2, 0.25) is 0 Å². The fourth-order valence-electron chi connectivity index (χ4n) is 4.66. The lowest BCUT2D eigenvalue weighted by Gasteiger charge is -2.45. The molecule has 1 aliphatic rings. The molecule has 1 aliphatic heterocycles. The highest BCUT2D eigenvalue weighted by atomic mass is 16.3. The molecular formula is C27H37N3O2. The van der Waals surface area contributed by atoms with E-state index in [0.29, 0.717) is 31.3 Å². The van der Waals surface area contributed by atoms with Crippen molar-refractivity contribution in [2.75, 3.05) is 37.6 Å². The molecule has 0 radical (unpaired) electrons. The predicted molar refractivity (Wildman–Crippen MR) is 133 cm³/mol. The Balaban J connectivity index is 1.83. The summed E-state index contributed by atoms with van der Waals surface area (Å²) in [5.74, 6) is 0.395. The number of benzene rings is 2. The van der Waals surface area contributed by atoms with Gasteiger partial charge in [-0.3, -0.25) is 9.69 Å². The zero-order valence-electron chi connectivity index (χ0n) is 19.9.